The van der Waals surface area contributed by atoms with E-state index in [0.29, 0.717) is 16.9 Å². The van der Waals surface area contributed by atoms with Crippen molar-refractivity contribution in [1.29, 1.82) is 5.26 Å². The van der Waals surface area contributed by atoms with Gasteiger partial charge in [-0.1, -0.05) is 36.4 Å². The Morgan fingerprint density at radius 2 is 1.92 bits per heavy atom. The Labute approximate surface area is 144 Å². The van der Waals surface area contributed by atoms with Crippen LogP contribution in [0.3, 0.4) is 0 Å². The second kappa shape index (κ2) is 6.57. The molecule has 1 heterocycles. The molecule has 3 rings (SSSR count). The first kappa shape index (κ1) is 16.4. The summed E-state index contributed by atoms with van der Waals surface area (Å²) in [6.07, 6.45) is 0. The van der Waals surface area contributed by atoms with E-state index < -0.39 is 5.56 Å². The Balaban J connectivity index is 1.90. The molecule has 0 saturated heterocycles. The molecule has 0 spiro atoms. The Hall–Kier alpha value is -3.46. The number of carbonyl (C=O) groups is 1. The first-order valence-corrected chi connectivity index (χ1v) is 7.77. The zero-order valence-electron chi connectivity index (χ0n) is 13.9. The number of fused-ring (bicyclic) bond motifs is 1. The molecule has 6 heteroatoms. The summed E-state index contributed by atoms with van der Waals surface area (Å²) in [4.78, 5) is 24.7. The number of anilines is 1. The van der Waals surface area contributed by atoms with Crippen LogP contribution in [-0.2, 0) is 11.3 Å². The lowest BCUT2D eigenvalue weighted by Gasteiger charge is -2.11. The molecule has 6 nitrogen and oxygen atoms in total. The van der Waals surface area contributed by atoms with Crippen molar-refractivity contribution < 1.29 is 4.79 Å². The zero-order valence-corrected chi connectivity index (χ0v) is 13.9. The van der Waals surface area contributed by atoms with Gasteiger partial charge in [0.05, 0.1) is 5.69 Å². The van der Waals surface area contributed by atoms with Crippen LogP contribution in [0.2, 0.25) is 0 Å². The fraction of sp³-hybridized carbons (Fsp3) is 0.158. The summed E-state index contributed by atoms with van der Waals surface area (Å²) in [5.41, 5.74) is 1.22. The molecule has 1 aromatic heterocycles. The van der Waals surface area contributed by atoms with Crippen LogP contribution >= 0.6 is 0 Å². The maximum atomic E-state index is 12.4. The monoisotopic (exact) mass is 332 g/mol. The average Bonchev–Trinajstić information content (AvgIpc) is 2.60. The molecule has 0 aliphatic carbocycles. The standard InChI is InChI=1S/C19H16N4O2/c1-12-13(2)22-23(19(25)16(12)10-20)11-18(24)21-17-9-5-7-14-6-3-4-8-15(14)17/h3-9H,11H2,1-2H3,(H,21,24). The molecule has 0 unspecified atom stereocenters. The van der Waals surface area contributed by atoms with Gasteiger partial charge in [0.2, 0.25) is 5.91 Å². The Kier molecular flexibility index (Phi) is 4.31. The average molecular weight is 332 g/mol. The summed E-state index contributed by atoms with van der Waals surface area (Å²) in [5.74, 6) is -0.377. The summed E-state index contributed by atoms with van der Waals surface area (Å²) >= 11 is 0. The van der Waals surface area contributed by atoms with Gasteiger partial charge >= 0.3 is 0 Å². The van der Waals surface area contributed by atoms with Crippen molar-refractivity contribution in [2.24, 2.45) is 0 Å². The number of nitriles is 1. The third kappa shape index (κ3) is 3.12. The normalized spacial score (nSPS) is 10.4. The van der Waals surface area contributed by atoms with Gasteiger partial charge in [0.15, 0.2) is 0 Å². The maximum Gasteiger partial charge on any atom is 0.285 e. The van der Waals surface area contributed by atoms with Crippen molar-refractivity contribution in [3.8, 4) is 6.07 Å². The number of nitrogens with one attached hydrogen (secondary N) is 1. The lowest BCUT2D eigenvalue weighted by Crippen LogP contribution is -2.32. The summed E-state index contributed by atoms with van der Waals surface area (Å²) < 4.78 is 1.03. The van der Waals surface area contributed by atoms with Crippen LogP contribution in [-0.4, -0.2) is 15.7 Å². The molecule has 3 aromatic rings. The fourth-order valence-corrected chi connectivity index (χ4v) is 2.67. The van der Waals surface area contributed by atoms with E-state index in [4.69, 9.17) is 5.26 Å². The van der Waals surface area contributed by atoms with E-state index in [0.717, 1.165) is 15.5 Å². The number of hydrogen-bond donors (Lipinski definition) is 1. The van der Waals surface area contributed by atoms with Gasteiger partial charge in [-0.2, -0.15) is 10.4 Å². The van der Waals surface area contributed by atoms with Crippen molar-refractivity contribution in [2.75, 3.05) is 5.32 Å². The molecule has 0 atom stereocenters. The molecular formula is C19H16N4O2. The van der Waals surface area contributed by atoms with Gasteiger partial charge in [0, 0.05) is 11.1 Å². The van der Waals surface area contributed by atoms with Crippen molar-refractivity contribution in [1.82, 2.24) is 9.78 Å². The van der Waals surface area contributed by atoms with Crippen LogP contribution < -0.4 is 10.9 Å². The van der Waals surface area contributed by atoms with Crippen LogP contribution in [0, 0.1) is 25.2 Å². The number of nitrogens with zero attached hydrogens (tertiary/aromatic N) is 3. The van der Waals surface area contributed by atoms with Gasteiger partial charge in [-0.15, -0.1) is 0 Å². The molecule has 0 bridgehead atoms. The lowest BCUT2D eigenvalue weighted by molar-refractivity contribution is -0.117. The predicted molar refractivity (Wildman–Crippen MR) is 95.3 cm³/mol. The number of aromatic nitrogens is 2. The van der Waals surface area contributed by atoms with Crippen LogP contribution in [0.15, 0.2) is 47.3 Å². The second-order valence-electron chi connectivity index (χ2n) is 5.73. The van der Waals surface area contributed by atoms with Crippen LogP contribution in [0.4, 0.5) is 5.69 Å². The Morgan fingerprint density at radius 3 is 2.68 bits per heavy atom. The maximum absolute atomic E-state index is 12.4. The lowest BCUT2D eigenvalue weighted by atomic mass is 10.1. The molecule has 0 radical (unpaired) electrons. The second-order valence-corrected chi connectivity index (χ2v) is 5.73. The molecule has 0 aliphatic rings. The first-order chi connectivity index (χ1) is 12.0. The number of carbonyl (C=O) groups excluding carboxylic acids is 1. The molecule has 124 valence electrons. The number of aryl methyl sites for hydroxylation is 1. The largest absolute Gasteiger partial charge is 0.324 e. The van der Waals surface area contributed by atoms with E-state index in [-0.39, 0.29) is 18.0 Å². The van der Waals surface area contributed by atoms with Crippen molar-refractivity contribution in [3.63, 3.8) is 0 Å². The van der Waals surface area contributed by atoms with E-state index >= 15 is 0 Å². The molecule has 1 amide bonds. The molecule has 2 aromatic carbocycles. The van der Waals surface area contributed by atoms with Crippen LogP contribution in [0.25, 0.3) is 10.8 Å². The number of hydrogen-bond acceptors (Lipinski definition) is 4. The third-order valence-electron chi connectivity index (χ3n) is 4.11. The van der Waals surface area contributed by atoms with Gasteiger partial charge in [0.1, 0.15) is 18.2 Å². The highest BCUT2D eigenvalue weighted by atomic mass is 16.2. The molecule has 0 fully saturated rings. The highest BCUT2D eigenvalue weighted by molar-refractivity contribution is 6.01. The minimum atomic E-state index is -0.557. The van der Waals surface area contributed by atoms with E-state index in [1.165, 1.54) is 0 Å². The van der Waals surface area contributed by atoms with Gasteiger partial charge in [-0.25, -0.2) is 4.68 Å². The zero-order chi connectivity index (χ0) is 18.0. The molecular weight excluding hydrogens is 316 g/mol. The van der Waals surface area contributed by atoms with Gasteiger partial charge < -0.3 is 5.32 Å². The van der Waals surface area contributed by atoms with E-state index in [1.54, 1.807) is 19.9 Å². The highest BCUT2D eigenvalue weighted by Gasteiger charge is 2.14. The van der Waals surface area contributed by atoms with Crippen LogP contribution in [0.5, 0.6) is 0 Å². The van der Waals surface area contributed by atoms with Gasteiger partial charge in [0.25, 0.3) is 5.56 Å². The van der Waals surface area contributed by atoms with Crippen molar-refractivity contribution in [2.45, 2.75) is 20.4 Å². The minimum Gasteiger partial charge on any atom is -0.324 e. The quantitative estimate of drug-likeness (QED) is 0.798. The summed E-state index contributed by atoms with van der Waals surface area (Å²) in [5, 5.41) is 18.0. The summed E-state index contributed by atoms with van der Waals surface area (Å²) in [6, 6.07) is 15.2. The topological polar surface area (TPSA) is 87.8 Å². The minimum absolute atomic E-state index is 0.0189. The van der Waals surface area contributed by atoms with E-state index in [2.05, 4.69) is 10.4 Å². The number of benzene rings is 2. The fourth-order valence-electron chi connectivity index (χ4n) is 2.67. The van der Waals surface area contributed by atoms with Gasteiger partial charge in [-0.05, 0) is 30.9 Å². The van der Waals surface area contributed by atoms with E-state index in [1.807, 2.05) is 42.5 Å². The highest BCUT2D eigenvalue weighted by Crippen LogP contribution is 2.22. The van der Waals surface area contributed by atoms with Crippen molar-refractivity contribution in [3.05, 3.63) is 69.6 Å². The third-order valence-corrected chi connectivity index (χ3v) is 4.11. The Bertz CT molecular complexity index is 1070. The smallest absolute Gasteiger partial charge is 0.285 e. The SMILES string of the molecule is Cc1nn(CC(=O)Nc2cccc3ccccc23)c(=O)c(C#N)c1C. The number of amides is 1. The summed E-state index contributed by atoms with van der Waals surface area (Å²) in [7, 11) is 0. The Morgan fingerprint density at radius 1 is 1.20 bits per heavy atom. The van der Waals surface area contributed by atoms with Gasteiger partial charge in [-0.3, -0.25) is 9.59 Å². The van der Waals surface area contributed by atoms with Crippen LogP contribution in [0.1, 0.15) is 16.8 Å². The molecule has 25 heavy (non-hydrogen) atoms. The predicted octanol–water partition coefficient (Wildman–Crippen LogP) is 2.52. The number of rotatable bonds is 3. The summed E-state index contributed by atoms with van der Waals surface area (Å²) in [6.45, 7) is 3.12. The molecule has 0 aliphatic heterocycles. The molecule has 0 saturated carbocycles. The molecule has 1 N–H and O–H groups in total. The first-order valence-electron chi connectivity index (χ1n) is 7.77. The van der Waals surface area contributed by atoms with E-state index in [9.17, 15) is 9.59 Å². The van der Waals surface area contributed by atoms with Crippen molar-refractivity contribution >= 4 is 22.4 Å².